The summed E-state index contributed by atoms with van der Waals surface area (Å²) in [6.07, 6.45) is 0.473. The maximum Gasteiger partial charge on any atom is 0.269 e. The Hall–Kier alpha value is -4.86. The Labute approximate surface area is 289 Å². The van der Waals surface area contributed by atoms with Gasteiger partial charge in [0, 0.05) is 51.9 Å². The Morgan fingerprint density at radius 2 is 1.02 bits per heavy atom. The monoisotopic (exact) mass is 675 g/mol. The number of rotatable bonds is 15. The second-order valence-electron chi connectivity index (χ2n) is 11.8. The number of nitro benzene ring substituents is 1. The SMILES string of the molecule is CC(CNC(=O)c1ccccc1SCc1ccccc1)(CNC(=O)c1ccccc1SCc1ccccc1)Cc1ccc([N+](=O)[O-])cc1. The van der Waals surface area contributed by atoms with Crippen LogP contribution in [0.4, 0.5) is 5.69 Å². The van der Waals surface area contributed by atoms with E-state index in [0.717, 1.165) is 26.9 Å². The molecule has 0 aliphatic carbocycles. The number of nitro groups is 1. The molecule has 9 heteroatoms. The van der Waals surface area contributed by atoms with Crippen LogP contribution in [-0.2, 0) is 17.9 Å². The van der Waals surface area contributed by atoms with Crippen molar-refractivity contribution in [1.29, 1.82) is 0 Å². The zero-order valence-corrected chi connectivity index (χ0v) is 28.3. The first-order valence-corrected chi connectivity index (χ1v) is 17.6. The van der Waals surface area contributed by atoms with Crippen molar-refractivity contribution in [3.8, 4) is 0 Å². The van der Waals surface area contributed by atoms with Gasteiger partial charge in [-0.2, -0.15) is 0 Å². The highest BCUT2D eigenvalue weighted by Gasteiger charge is 2.28. The van der Waals surface area contributed by atoms with E-state index in [1.165, 1.54) is 23.3 Å². The van der Waals surface area contributed by atoms with E-state index in [4.69, 9.17) is 0 Å². The summed E-state index contributed by atoms with van der Waals surface area (Å²) < 4.78 is 0. The summed E-state index contributed by atoms with van der Waals surface area (Å²) in [6.45, 7) is 2.54. The van der Waals surface area contributed by atoms with Gasteiger partial charge in [-0.05, 0) is 47.4 Å². The molecule has 5 rings (SSSR count). The van der Waals surface area contributed by atoms with Gasteiger partial charge >= 0.3 is 0 Å². The molecule has 244 valence electrons. The average Bonchev–Trinajstić information content (AvgIpc) is 3.12. The van der Waals surface area contributed by atoms with Crippen molar-refractivity contribution in [2.45, 2.75) is 34.6 Å². The number of amides is 2. The van der Waals surface area contributed by atoms with Gasteiger partial charge in [0.15, 0.2) is 0 Å². The lowest BCUT2D eigenvalue weighted by atomic mass is 9.83. The third-order valence-electron chi connectivity index (χ3n) is 7.87. The maximum atomic E-state index is 13.6. The van der Waals surface area contributed by atoms with E-state index in [1.54, 1.807) is 35.7 Å². The fourth-order valence-corrected chi connectivity index (χ4v) is 7.24. The van der Waals surface area contributed by atoms with E-state index in [1.807, 2.05) is 91.9 Å². The standard InChI is InChI=1S/C39H37N3O4S2/c1-39(24-29-20-22-32(23-21-29)42(45)46,27-40-37(43)33-16-8-10-18-35(33)47-25-30-12-4-2-5-13-30)28-41-38(44)34-17-9-11-19-36(34)48-26-31-14-6-3-7-15-31/h2-23H,24-28H2,1H3,(H,40,43)(H,41,44). The molecule has 0 saturated heterocycles. The predicted octanol–water partition coefficient (Wildman–Crippen LogP) is 8.59. The Morgan fingerprint density at radius 1 is 0.604 bits per heavy atom. The highest BCUT2D eigenvalue weighted by atomic mass is 32.2. The minimum atomic E-state index is -0.611. The van der Waals surface area contributed by atoms with Crippen LogP contribution >= 0.6 is 23.5 Å². The Kier molecular flexibility index (Phi) is 12.1. The van der Waals surface area contributed by atoms with E-state index in [9.17, 15) is 19.7 Å². The molecule has 0 saturated carbocycles. The van der Waals surface area contributed by atoms with E-state index in [0.29, 0.717) is 17.5 Å². The molecule has 5 aromatic carbocycles. The van der Waals surface area contributed by atoms with Gasteiger partial charge in [0.2, 0.25) is 0 Å². The number of hydrogen-bond acceptors (Lipinski definition) is 6. The molecule has 0 atom stereocenters. The summed E-state index contributed by atoms with van der Waals surface area (Å²) in [5.74, 6) is 1.07. The summed E-state index contributed by atoms with van der Waals surface area (Å²) in [6, 6.07) is 41.7. The number of thioether (sulfide) groups is 2. The summed E-state index contributed by atoms with van der Waals surface area (Å²) in [5.41, 5.74) is 3.78. The van der Waals surface area contributed by atoms with Crippen molar-refractivity contribution in [3.05, 3.63) is 171 Å². The van der Waals surface area contributed by atoms with Crippen LogP contribution in [0, 0.1) is 15.5 Å². The lowest BCUT2D eigenvalue weighted by Crippen LogP contribution is -2.45. The molecule has 0 aliphatic rings. The van der Waals surface area contributed by atoms with Gasteiger partial charge in [-0.3, -0.25) is 19.7 Å². The number of nitrogens with one attached hydrogen (secondary N) is 2. The van der Waals surface area contributed by atoms with Crippen molar-refractivity contribution in [2.75, 3.05) is 13.1 Å². The zero-order chi connectivity index (χ0) is 33.8. The number of carbonyl (C=O) groups is 2. The molecule has 2 N–H and O–H groups in total. The quantitative estimate of drug-likeness (QED) is 0.0655. The van der Waals surface area contributed by atoms with Crippen LogP contribution in [0.15, 0.2) is 143 Å². The van der Waals surface area contributed by atoms with E-state index < -0.39 is 10.3 Å². The molecular weight excluding hydrogens is 639 g/mol. The molecule has 0 aliphatic heterocycles. The Bertz CT molecular complexity index is 1730. The molecule has 0 heterocycles. The van der Waals surface area contributed by atoms with Crippen LogP contribution in [-0.4, -0.2) is 29.8 Å². The number of carbonyl (C=O) groups excluding carboxylic acids is 2. The Balaban J connectivity index is 1.30. The molecule has 2 amide bonds. The number of non-ortho nitro benzene ring substituents is 1. The predicted molar refractivity (Wildman–Crippen MR) is 194 cm³/mol. The smallest absolute Gasteiger partial charge is 0.269 e. The van der Waals surface area contributed by atoms with E-state index in [-0.39, 0.29) is 30.6 Å². The van der Waals surface area contributed by atoms with Gasteiger partial charge in [0.25, 0.3) is 17.5 Å². The lowest BCUT2D eigenvalue weighted by molar-refractivity contribution is -0.384. The average molecular weight is 676 g/mol. The van der Waals surface area contributed by atoms with Crippen molar-refractivity contribution < 1.29 is 14.5 Å². The zero-order valence-electron chi connectivity index (χ0n) is 26.6. The molecule has 0 bridgehead atoms. The molecule has 0 fully saturated rings. The minimum Gasteiger partial charge on any atom is -0.351 e. The normalized spacial score (nSPS) is 11.1. The first-order chi connectivity index (χ1) is 23.3. The van der Waals surface area contributed by atoms with Crippen molar-refractivity contribution in [1.82, 2.24) is 10.6 Å². The third kappa shape index (κ3) is 9.82. The van der Waals surface area contributed by atoms with E-state index >= 15 is 0 Å². The summed E-state index contributed by atoms with van der Waals surface area (Å²) in [7, 11) is 0. The highest BCUT2D eigenvalue weighted by Crippen LogP contribution is 2.29. The van der Waals surface area contributed by atoms with Crippen LogP contribution in [0.3, 0.4) is 0 Å². The van der Waals surface area contributed by atoms with Gasteiger partial charge in [0.05, 0.1) is 16.1 Å². The second-order valence-corrected chi connectivity index (χ2v) is 13.9. The molecule has 5 aromatic rings. The first-order valence-electron chi connectivity index (χ1n) is 15.6. The van der Waals surface area contributed by atoms with Gasteiger partial charge < -0.3 is 10.6 Å². The molecule has 0 unspecified atom stereocenters. The van der Waals surface area contributed by atoms with E-state index in [2.05, 4.69) is 34.9 Å². The number of nitrogens with zero attached hydrogens (tertiary/aromatic N) is 1. The van der Waals surface area contributed by atoms with Crippen LogP contribution in [0.2, 0.25) is 0 Å². The van der Waals surface area contributed by atoms with Crippen molar-refractivity contribution in [3.63, 3.8) is 0 Å². The molecular formula is C39H37N3O4S2. The maximum absolute atomic E-state index is 13.6. The van der Waals surface area contributed by atoms with Gasteiger partial charge in [0.1, 0.15) is 0 Å². The van der Waals surface area contributed by atoms with Crippen molar-refractivity contribution >= 4 is 41.0 Å². The Morgan fingerprint density at radius 3 is 1.46 bits per heavy atom. The summed E-state index contributed by atoms with van der Waals surface area (Å²) in [5, 5.41) is 17.5. The largest absolute Gasteiger partial charge is 0.351 e. The molecule has 0 radical (unpaired) electrons. The number of hydrogen-bond donors (Lipinski definition) is 2. The minimum absolute atomic E-state index is 0.0104. The summed E-state index contributed by atoms with van der Waals surface area (Å²) >= 11 is 3.22. The molecule has 48 heavy (non-hydrogen) atoms. The molecule has 7 nitrogen and oxygen atoms in total. The molecule has 0 spiro atoms. The van der Waals surface area contributed by atoms with Crippen LogP contribution in [0.1, 0.15) is 44.3 Å². The topological polar surface area (TPSA) is 101 Å². The van der Waals surface area contributed by atoms with Crippen LogP contribution < -0.4 is 10.6 Å². The third-order valence-corrected chi connectivity index (χ3v) is 10.2. The first kappa shape index (κ1) is 34.5. The fraction of sp³-hybridized carbons (Fsp3) is 0.179. The van der Waals surface area contributed by atoms with Gasteiger partial charge in [-0.25, -0.2) is 0 Å². The fourth-order valence-electron chi connectivity index (χ4n) is 5.22. The van der Waals surface area contributed by atoms with Gasteiger partial charge in [-0.15, -0.1) is 23.5 Å². The highest BCUT2D eigenvalue weighted by molar-refractivity contribution is 7.98. The summed E-state index contributed by atoms with van der Waals surface area (Å²) in [4.78, 5) is 39.8. The van der Waals surface area contributed by atoms with Crippen molar-refractivity contribution in [2.24, 2.45) is 5.41 Å². The van der Waals surface area contributed by atoms with Crippen LogP contribution in [0.5, 0.6) is 0 Å². The van der Waals surface area contributed by atoms with Gasteiger partial charge in [-0.1, -0.05) is 104 Å². The second kappa shape index (κ2) is 16.8. The molecule has 0 aromatic heterocycles. The number of benzene rings is 5. The lowest BCUT2D eigenvalue weighted by Gasteiger charge is -2.31. The van der Waals surface area contributed by atoms with Crippen LogP contribution in [0.25, 0.3) is 0 Å².